The van der Waals surface area contributed by atoms with E-state index in [2.05, 4.69) is 11.2 Å². The number of halogens is 1. The lowest BCUT2D eigenvalue weighted by Gasteiger charge is -2.12. The minimum Gasteiger partial charge on any atom is -0.387 e. The molecule has 0 saturated carbocycles. The third-order valence-corrected chi connectivity index (χ3v) is 2.28. The highest BCUT2D eigenvalue weighted by Gasteiger charge is 2.10. The van der Waals surface area contributed by atoms with E-state index in [-0.39, 0.29) is 5.82 Å². The first-order valence-electron chi connectivity index (χ1n) is 5.32. The Bertz CT molecular complexity index is 359. The van der Waals surface area contributed by atoms with E-state index in [1.165, 1.54) is 6.07 Å². The summed E-state index contributed by atoms with van der Waals surface area (Å²) in [7, 11) is 0. The summed E-state index contributed by atoms with van der Waals surface area (Å²) < 4.78 is 13.3. The normalized spacial score (nSPS) is 12.1. The Labute approximate surface area is 95.5 Å². The summed E-state index contributed by atoms with van der Waals surface area (Å²) >= 11 is 0. The molecule has 0 saturated heterocycles. The van der Waals surface area contributed by atoms with Crippen LogP contribution in [0.3, 0.4) is 0 Å². The Morgan fingerprint density at radius 3 is 2.88 bits per heavy atom. The molecular formula is C13H16FNO. The number of unbranched alkanes of at least 4 members (excludes halogenated alkanes) is 1. The largest absolute Gasteiger partial charge is 0.387 e. The van der Waals surface area contributed by atoms with Crippen LogP contribution in [0.5, 0.6) is 0 Å². The minimum atomic E-state index is -0.813. The van der Waals surface area contributed by atoms with Crippen LogP contribution in [-0.4, -0.2) is 18.2 Å². The van der Waals surface area contributed by atoms with Gasteiger partial charge in [-0.05, 0) is 19.0 Å². The topological polar surface area (TPSA) is 32.3 Å². The van der Waals surface area contributed by atoms with Gasteiger partial charge in [0.15, 0.2) is 0 Å². The Morgan fingerprint density at radius 2 is 2.19 bits per heavy atom. The molecule has 0 aromatic heterocycles. The van der Waals surface area contributed by atoms with Gasteiger partial charge in [-0.3, -0.25) is 0 Å². The maximum absolute atomic E-state index is 13.3. The molecule has 2 N–H and O–H groups in total. The van der Waals surface area contributed by atoms with Gasteiger partial charge in [-0.2, -0.15) is 0 Å². The lowest BCUT2D eigenvalue weighted by molar-refractivity contribution is 0.170. The fourth-order valence-corrected chi connectivity index (χ4v) is 1.41. The van der Waals surface area contributed by atoms with Gasteiger partial charge in [0.1, 0.15) is 5.82 Å². The van der Waals surface area contributed by atoms with Gasteiger partial charge in [-0.25, -0.2) is 4.39 Å². The molecule has 16 heavy (non-hydrogen) atoms. The van der Waals surface area contributed by atoms with Crippen LogP contribution in [0.4, 0.5) is 4.39 Å². The number of rotatable bonds is 6. The summed E-state index contributed by atoms with van der Waals surface area (Å²) in [5.41, 5.74) is 0.326. The standard InChI is InChI=1S/C13H16FNO/c1-2-3-6-9-15-10-13(16)11-7-4-5-8-12(11)14/h1,4-5,7-8,13,15-16H,3,6,9-10H2. The molecule has 1 rings (SSSR count). The molecule has 0 fully saturated rings. The molecule has 0 aliphatic carbocycles. The van der Waals surface area contributed by atoms with Crippen LogP contribution in [-0.2, 0) is 0 Å². The Kier molecular flexibility index (Phi) is 5.55. The highest BCUT2D eigenvalue weighted by atomic mass is 19.1. The van der Waals surface area contributed by atoms with Crippen molar-refractivity contribution < 1.29 is 9.50 Å². The van der Waals surface area contributed by atoms with Crippen LogP contribution in [0.25, 0.3) is 0 Å². The quantitative estimate of drug-likeness (QED) is 0.567. The van der Waals surface area contributed by atoms with Crippen LogP contribution in [0.2, 0.25) is 0 Å². The van der Waals surface area contributed by atoms with E-state index in [0.717, 1.165) is 13.0 Å². The predicted molar refractivity (Wildman–Crippen MR) is 62.3 cm³/mol. The second kappa shape index (κ2) is 7.00. The summed E-state index contributed by atoms with van der Waals surface area (Å²) in [5.74, 6) is 2.16. The Balaban J connectivity index is 2.33. The van der Waals surface area contributed by atoms with Crippen molar-refractivity contribution in [3.63, 3.8) is 0 Å². The Hall–Kier alpha value is -1.37. The zero-order valence-electron chi connectivity index (χ0n) is 9.12. The van der Waals surface area contributed by atoms with Gasteiger partial charge in [0, 0.05) is 18.5 Å². The van der Waals surface area contributed by atoms with Crippen LogP contribution in [0, 0.1) is 18.2 Å². The van der Waals surface area contributed by atoms with E-state index in [9.17, 15) is 9.50 Å². The van der Waals surface area contributed by atoms with Gasteiger partial charge < -0.3 is 10.4 Å². The molecule has 0 aliphatic heterocycles. The van der Waals surface area contributed by atoms with Gasteiger partial charge >= 0.3 is 0 Å². The molecule has 0 bridgehead atoms. The molecule has 1 atom stereocenters. The van der Waals surface area contributed by atoms with Crippen LogP contribution < -0.4 is 5.32 Å². The molecule has 0 heterocycles. The third-order valence-electron chi connectivity index (χ3n) is 2.28. The highest BCUT2D eigenvalue weighted by Crippen LogP contribution is 2.15. The first-order valence-corrected chi connectivity index (χ1v) is 5.32. The van der Waals surface area contributed by atoms with E-state index < -0.39 is 6.10 Å². The van der Waals surface area contributed by atoms with E-state index in [0.29, 0.717) is 18.5 Å². The van der Waals surface area contributed by atoms with E-state index in [4.69, 9.17) is 6.42 Å². The molecule has 0 radical (unpaired) electrons. The molecule has 0 amide bonds. The van der Waals surface area contributed by atoms with Gasteiger partial charge in [-0.1, -0.05) is 18.2 Å². The summed E-state index contributed by atoms with van der Waals surface area (Å²) in [6.45, 7) is 1.07. The first-order chi connectivity index (χ1) is 7.75. The lowest BCUT2D eigenvalue weighted by atomic mass is 10.1. The van der Waals surface area contributed by atoms with Crippen molar-refractivity contribution in [2.24, 2.45) is 0 Å². The van der Waals surface area contributed by atoms with Crippen LogP contribution in [0.1, 0.15) is 24.5 Å². The van der Waals surface area contributed by atoms with Crippen molar-refractivity contribution in [1.82, 2.24) is 5.32 Å². The Morgan fingerprint density at radius 1 is 1.44 bits per heavy atom. The van der Waals surface area contributed by atoms with Gasteiger partial charge in [-0.15, -0.1) is 12.3 Å². The molecule has 0 aliphatic rings. The van der Waals surface area contributed by atoms with Crippen molar-refractivity contribution in [2.45, 2.75) is 18.9 Å². The fraction of sp³-hybridized carbons (Fsp3) is 0.385. The summed E-state index contributed by atoms with van der Waals surface area (Å²) in [4.78, 5) is 0. The lowest BCUT2D eigenvalue weighted by Crippen LogP contribution is -2.23. The van der Waals surface area contributed by atoms with Crippen LogP contribution in [0.15, 0.2) is 24.3 Å². The molecule has 1 aromatic rings. The molecule has 2 nitrogen and oxygen atoms in total. The van der Waals surface area contributed by atoms with Gasteiger partial charge in [0.2, 0.25) is 0 Å². The molecule has 3 heteroatoms. The molecular weight excluding hydrogens is 205 g/mol. The number of aliphatic hydroxyl groups is 1. The van der Waals surface area contributed by atoms with Crippen molar-refractivity contribution in [3.05, 3.63) is 35.6 Å². The van der Waals surface area contributed by atoms with Crippen molar-refractivity contribution in [1.29, 1.82) is 0 Å². The summed E-state index contributed by atoms with van der Waals surface area (Å²) in [6, 6.07) is 6.24. The summed E-state index contributed by atoms with van der Waals surface area (Å²) in [5, 5.41) is 12.7. The number of hydrogen-bond acceptors (Lipinski definition) is 2. The first kappa shape index (κ1) is 12.7. The molecule has 1 aromatic carbocycles. The van der Waals surface area contributed by atoms with Gasteiger partial charge in [0.05, 0.1) is 6.10 Å². The zero-order valence-corrected chi connectivity index (χ0v) is 9.12. The predicted octanol–water partition coefficient (Wildman–Crippen LogP) is 1.86. The average Bonchev–Trinajstić information content (AvgIpc) is 2.29. The van der Waals surface area contributed by atoms with Crippen molar-refractivity contribution in [3.8, 4) is 12.3 Å². The molecule has 1 unspecified atom stereocenters. The van der Waals surface area contributed by atoms with Gasteiger partial charge in [0.25, 0.3) is 0 Å². The third kappa shape index (κ3) is 4.01. The number of aliphatic hydroxyl groups excluding tert-OH is 1. The smallest absolute Gasteiger partial charge is 0.129 e. The fourth-order valence-electron chi connectivity index (χ4n) is 1.41. The maximum Gasteiger partial charge on any atom is 0.129 e. The number of hydrogen-bond donors (Lipinski definition) is 2. The molecule has 86 valence electrons. The van der Waals surface area contributed by atoms with Crippen LogP contribution >= 0.6 is 0 Å². The maximum atomic E-state index is 13.3. The number of terminal acetylenes is 1. The van der Waals surface area contributed by atoms with E-state index in [1.807, 2.05) is 0 Å². The number of nitrogens with one attached hydrogen (secondary N) is 1. The summed E-state index contributed by atoms with van der Waals surface area (Å²) in [6.07, 6.45) is 5.86. The molecule has 0 spiro atoms. The van der Waals surface area contributed by atoms with Crippen molar-refractivity contribution in [2.75, 3.05) is 13.1 Å². The van der Waals surface area contributed by atoms with E-state index in [1.54, 1.807) is 18.2 Å². The van der Waals surface area contributed by atoms with Crippen molar-refractivity contribution >= 4 is 0 Å². The number of benzene rings is 1. The van der Waals surface area contributed by atoms with E-state index >= 15 is 0 Å². The SMILES string of the molecule is C#CCCCNCC(O)c1ccccc1F. The zero-order chi connectivity index (χ0) is 11.8. The second-order valence-corrected chi connectivity index (χ2v) is 3.55. The minimum absolute atomic E-state index is 0.326. The highest BCUT2D eigenvalue weighted by molar-refractivity contribution is 5.19. The average molecular weight is 221 g/mol. The second-order valence-electron chi connectivity index (χ2n) is 3.55. The monoisotopic (exact) mass is 221 g/mol.